The zero-order chi connectivity index (χ0) is 26.9. The van der Waals surface area contributed by atoms with Gasteiger partial charge in [0.25, 0.3) is 0 Å². The van der Waals surface area contributed by atoms with Crippen LogP contribution in [0.2, 0.25) is 0 Å². The van der Waals surface area contributed by atoms with Crippen molar-refractivity contribution in [1.82, 2.24) is 9.55 Å². The van der Waals surface area contributed by atoms with E-state index in [2.05, 4.69) is 108 Å². The lowest BCUT2D eigenvalue weighted by atomic mass is 9.92. The minimum absolute atomic E-state index is 0.294. The molecule has 2 aliphatic carbocycles. The first kappa shape index (κ1) is 24.8. The molecule has 0 saturated heterocycles. The predicted octanol–water partition coefficient (Wildman–Crippen LogP) is 8.81. The summed E-state index contributed by atoms with van der Waals surface area (Å²) in [7, 11) is 0. The molecular weight excluding hydrogens is 508 g/mol. The van der Waals surface area contributed by atoms with Crippen LogP contribution in [0.3, 0.4) is 0 Å². The van der Waals surface area contributed by atoms with Crippen LogP contribution in [0.15, 0.2) is 123 Å². The Kier molecular flexibility index (Phi) is 6.66. The highest BCUT2D eigenvalue weighted by Gasteiger charge is 2.30. The molecule has 0 saturated carbocycles. The van der Waals surface area contributed by atoms with Gasteiger partial charge in [-0.2, -0.15) is 0 Å². The van der Waals surface area contributed by atoms with Gasteiger partial charge in [0.05, 0.1) is 12.0 Å². The molecule has 40 heavy (non-hydrogen) atoms. The molecule has 0 bridgehead atoms. The minimum atomic E-state index is -0.320. The van der Waals surface area contributed by atoms with E-state index in [1.165, 1.54) is 49.0 Å². The van der Waals surface area contributed by atoms with Crippen LogP contribution in [0, 0.1) is 5.92 Å². The van der Waals surface area contributed by atoms with E-state index in [9.17, 15) is 0 Å². The van der Waals surface area contributed by atoms with E-state index in [-0.39, 0.29) is 6.17 Å². The first-order valence-corrected chi connectivity index (χ1v) is 14.7. The molecule has 1 aliphatic heterocycles. The first-order valence-electron chi connectivity index (χ1n) is 13.9. The van der Waals surface area contributed by atoms with Crippen molar-refractivity contribution < 1.29 is 0 Å². The molecule has 2 aromatic heterocycles. The second kappa shape index (κ2) is 10.7. The van der Waals surface area contributed by atoms with Crippen LogP contribution in [0.1, 0.15) is 42.8 Å². The van der Waals surface area contributed by atoms with E-state index in [1.54, 1.807) is 0 Å². The van der Waals surface area contributed by atoms with Crippen LogP contribution in [-0.4, -0.2) is 22.1 Å². The molecule has 196 valence electrons. The molecule has 4 nitrogen and oxygen atoms in total. The summed E-state index contributed by atoms with van der Waals surface area (Å²) in [5.74, 6) is 0.294. The average molecular weight is 539 g/mol. The Hall–Kier alpha value is -4.22. The van der Waals surface area contributed by atoms with Gasteiger partial charge in [0, 0.05) is 62.3 Å². The number of rotatable bonds is 5. The molecule has 0 spiro atoms. The zero-order valence-electron chi connectivity index (χ0n) is 22.4. The number of aromatic nitrogens is 2. The van der Waals surface area contributed by atoms with Gasteiger partial charge in [0.2, 0.25) is 0 Å². The topological polar surface area (TPSA) is 42.5 Å². The summed E-state index contributed by atoms with van der Waals surface area (Å²) in [4.78, 5) is 17.2. The molecule has 0 N–H and O–H groups in total. The van der Waals surface area contributed by atoms with E-state index in [0.29, 0.717) is 5.92 Å². The standard InChI is InChI=1S/C35H30N4S/c1-24-16-17-30-28(20-24)33-29-22-36-19-18-32(29)40-31-15-9-8-14-27(31)34(33)39(30)23-38-35(26-12-6-3-7-13-26)37-21-25-10-4-2-5-11-25/h2-10,12-15,18-23,25,35H,11,16-17H2,1H3/b37-21+,38-23+. The first-order chi connectivity index (χ1) is 19.8. The minimum Gasteiger partial charge on any atom is -0.303 e. The maximum Gasteiger partial charge on any atom is 0.166 e. The van der Waals surface area contributed by atoms with E-state index < -0.39 is 0 Å². The lowest BCUT2D eigenvalue weighted by Gasteiger charge is -2.16. The summed E-state index contributed by atoms with van der Waals surface area (Å²) in [6.07, 6.45) is 21.6. The van der Waals surface area contributed by atoms with Crippen molar-refractivity contribution in [1.29, 1.82) is 0 Å². The van der Waals surface area contributed by atoms with Crippen molar-refractivity contribution in [2.24, 2.45) is 15.9 Å². The highest BCUT2D eigenvalue weighted by Crippen LogP contribution is 2.51. The molecule has 2 atom stereocenters. The molecular formula is C35H30N4S. The van der Waals surface area contributed by atoms with Crippen molar-refractivity contribution in [3.8, 4) is 22.4 Å². The summed E-state index contributed by atoms with van der Waals surface area (Å²) in [6, 6.07) is 21.2. The number of allylic oxidation sites excluding steroid dienone is 5. The number of hydrogen-bond acceptors (Lipinski definition) is 4. The van der Waals surface area contributed by atoms with Crippen molar-refractivity contribution >= 4 is 30.4 Å². The lowest BCUT2D eigenvalue weighted by molar-refractivity contribution is 0.761. The van der Waals surface area contributed by atoms with Crippen LogP contribution in [-0.2, 0) is 6.42 Å². The third-order valence-corrected chi connectivity index (χ3v) is 8.91. The van der Waals surface area contributed by atoms with Crippen molar-refractivity contribution in [2.45, 2.75) is 42.1 Å². The monoisotopic (exact) mass is 538 g/mol. The number of nitrogens with zero attached hydrogens (tertiary/aromatic N) is 4. The zero-order valence-corrected chi connectivity index (χ0v) is 23.3. The van der Waals surface area contributed by atoms with Crippen LogP contribution >= 0.6 is 11.8 Å². The maximum atomic E-state index is 5.17. The second-order valence-electron chi connectivity index (χ2n) is 10.5. The van der Waals surface area contributed by atoms with Gasteiger partial charge in [-0.1, -0.05) is 96.2 Å². The second-order valence-corrected chi connectivity index (χ2v) is 11.6. The molecule has 5 heteroatoms. The summed E-state index contributed by atoms with van der Waals surface area (Å²) >= 11 is 1.82. The number of benzene rings is 2. The Balaban J connectivity index is 1.41. The van der Waals surface area contributed by atoms with E-state index >= 15 is 0 Å². The molecule has 3 aliphatic rings. The fraction of sp³-hybridized carbons (Fsp3) is 0.171. The van der Waals surface area contributed by atoms with Gasteiger partial charge >= 0.3 is 0 Å². The highest BCUT2D eigenvalue weighted by atomic mass is 32.2. The summed E-state index contributed by atoms with van der Waals surface area (Å²) in [5, 5.41) is 0. The molecule has 4 aromatic rings. The fourth-order valence-corrected chi connectivity index (χ4v) is 6.81. The Morgan fingerprint density at radius 2 is 1.80 bits per heavy atom. The van der Waals surface area contributed by atoms with Gasteiger partial charge in [0.15, 0.2) is 6.17 Å². The van der Waals surface area contributed by atoms with Gasteiger partial charge < -0.3 is 4.57 Å². The number of hydrogen-bond donors (Lipinski definition) is 0. The molecule has 2 unspecified atom stereocenters. The van der Waals surface area contributed by atoms with Crippen LogP contribution in [0.25, 0.3) is 28.5 Å². The Morgan fingerprint density at radius 1 is 0.950 bits per heavy atom. The molecule has 0 radical (unpaired) electrons. The summed E-state index contributed by atoms with van der Waals surface area (Å²) < 4.78 is 2.34. The van der Waals surface area contributed by atoms with Crippen molar-refractivity contribution in [3.05, 3.63) is 120 Å². The Labute approximate surface area is 239 Å². The van der Waals surface area contributed by atoms with Gasteiger partial charge in [-0.25, -0.2) is 4.99 Å². The smallest absolute Gasteiger partial charge is 0.166 e. The third-order valence-electron chi connectivity index (χ3n) is 7.76. The van der Waals surface area contributed by atoms with Gasteiger partial charge in [-0.15, -0.1) is 0 Å². The van der Waals surface area contributed by atoms with Gasteiger partial charge in [0.1, 0.15) is 0 Å². The number of fused-ring (bicyclic) bond motifs is 7. The number of pyridine rings is 1. The lowest BCUT2D eigenvalue weighted by Crippen LogP contribution is -2.08. The molecule has 7 rings (SSSR count). The Morgan fingerprint density at radius 3 is 2.67 bits per heavy atom. The maximum absolute atomic E-state index is 5.17. The predicted molar refractivity (Wildman–Crippen MR) is 167 cm³/mol. The normalized spacial score (nSPS) is 18.1. The van der Waals surface area contributed by atoms with Crippen molar-refractivity contribution in [3.63, 3.8) is 0 Å². The number of aliphatic imine (C=N–C) groups is 2. The quantitative estimate of drug-likeness (QED) is 0.166. The van der Waals surface area contributed by atoms with Crippen molar-refractivity contribution in [2.75, 3.05) is 0 Å². The van der Waals surface area contributed by atoms with Crippen LogP contribution in [0.5, 0.6) is 0 Å². The molecule has 0 amide bonds. The van der Waals surface area contributed by atoms with E-state index in [1.807, 2.05) is 36.6 Å². The molecule has 0 fully saturated rings. The van der Waals surface area contributed by atoms with E-state index in [4.69, 9.17) is 9.98 Å². The molecule has 3 heterocycles. The summed E-state index contributed by atoms with van der Waals surface area (Å²) in [5.41, 5.74) is 9.92. The third kappa shape index (κ3) is 4.61. The van der Waals surface area contributed by atoms with Crippen LogP contribution < -0.4 is 0 Å². The molecule has 2 aromatic carbocycles. The van der Waals surface area contributed by atoms with Gasteiger partial charge in [-0.3, -0.25) is 9.98 Å². The Bertz CT molecular complexity index is 1720. The highest BCUT2D eigenvalue weighted by molar-refractivity contribution is 7.99. The van der Waals surface area contributed by atoms with Crippen LogP contribution in [0.4, 0.5) is 0 Å². The fourth-order valence-electron chi connectivity index (χ4n) is 5.76. The summed E-state index contributed by atoms with van der Waals surface area (Å²) in [6.45, 7) is 2.24. The van der Waals surface area contributed by atoms with Gasteiger partial charge in [-0.05, 0) is 43.9 Å². The SMILES string of the molecule is CC1=Cc2c3c(n(/C=N/C(/N=C/C4C=CC=CC4)c4ccccc4)c2CC1)-c1ccccc1Sc1ccncc1-3. The largest absolute Gasteiger partial charge is 0.303 e. The van der Waals surface area contributed by atoms with E-state index in [0.717, 1.165) is 24.8 Å². The average Bonchev–Trinajstić information content (AvgIpc) is 3.22.